The third-order valence-corrected chi connectivity index (χ3v) is 6.52. The minimum atomic E-state index is -0.164. The molecule has 1 aliphatic carbocycles. The van der Waals surface area contributed by atoms with E-state index in [-0.39, 0.29) is 11.6 Å². The van der Waals surface area contributed by atoms with Crippen molar-refractivity contribution >= 4 is 11.6 Å². The van der Waals surface area contributed by atoms with Gasteiger partial charge in [-0.25, -0.2) is 0 Å². The number of rotatable bonds is 8. The van der Waals surface area contributed by atoms with Crippen LogP contribution in [0.4, 0.5) is 0 Å². The smallest absolute Gasteiger partial charge is 0.194 e. The zero-order valence-corrected chi connectivity index (χ0v) is 19.3. The van der Waals surface area contributed by atoms with E-state index in [0.717, 1.165) is 65.7 Å². The second-order valence-corrected chi connectivity index (χ2v) is 8.68. The third kappa shape index (κ3) is 5.15. The molecule has 8 nitrogen and oxygen atoms in total. The molecule has 0 aromatic heterocycles. The quantitative estimate of drug-likeness (QED) is 0.498. The second-order valence-electron chi connectivity index (χ2n) is 8.68. The molecule has 2 aromatic rings. The molecule has 0 unspecified atom stereocenters. The molecule has 0 N–H and O–H groups in total. The van der Waals surface area contributed by atoms with Crippen molar-refractivity contribution in [1.29, 1.82) is 0 Å². The van der Waals surface area contributed by atoms with Gasteiger partial charge in [-0.2, -0.15) is 0 Å². The number of nitrogens with zero attached hydrogens (tertiary/aromatic N) is 2. The third-order valence-electron chi connectivity index (χ3n) is 6.52. The Morgan fingerprint density at radius 3 is 1.44 bits per heavy atom. The number of morpholine rings is 2. The zero-order valence-electron chi connectivity index (χ0n) is 19.3. The molecule has 0 amide bonds. The van der Waals surface area contributed by atoms with Crippen molar-refractivity contribution in [3.05, 3.63) is 58.7 Å². The first-order valence-electron chi connectivity index (χ1n) is 11.9. The highest BCUT2D eigenvalue weighted by molar-refractivity contribution is 6.28. The summed E-state index contributed by atoms with van der Waals surface area (Å²) in [5.41, 5.74) is 1.59. The molecular weight excluding hydrogens is 436 g/mol. The molecule has 0 atom stereocenters. The normalized spacial score (nSPS) is 18.9. The lowest BCUT2D eigenvalue weighted by molar-refractivity contribution is 0.0321. The molecule has 0 radical (unpaired) electrons. The Labute approximate surface area is 199 Å². The SMILES string of the molecule is O=C1c2ccc(OCCN3CCOCC3)cc2C(=O)c2ccc(OCCN3CCOCC3)cc21. The van der Waals surface area contributed by atoms with Crippen LogP contribution in [0.3, 0.4) is 0 Å². The molecule has 2 aromatic carbocycles. The molecule has 34 heavy (non-hydrogen) atoms. The minimum Gasteiger partial charge on any atom is -0.492 e. The molecule has 8 heteroatoms. The Balaban J connectivity index is 1.22. The van der Waals surface area contributed by atoms with Crippen LogP contribution in [0, 0.1) is 0 Å². The summed E-state index contributed by atoms with van der Waals surface area (Å²) in [5.74, 6) is 0.866. The Morgan fingerprint density at radius 2 is 1.03 bits per heavy atom. The first-order valence-corrected chi connectivity index (χ1v) is 11.9. The van der Waals surface area contributed by atoms with Crippen LogP contribution in [-0.2, 0) is 9.47 Å². The maximum atomic E-state index is 13.2. The molecule has 2 heterocycles. The van der Waals surface area contributed by atoms with Gasteiger partial charge in [0.15, 0.2) is 11.6 Å². The van der Waals surface area contributed by atoms with Gasteiger partial charge in [-0.05, 0) is 36.4 Å². The van der Waals surface area contributed by atoms with Crippen LogP contribution in [0.15, 0.2) is 36.4 Å². The number of benzene rings is 2. The number of fused-ring (bicyclic) bond motifs is 2. The Bertz CT molecular complexity index is 960. The van der Waals surface area contributed by atoms with Gasteiger partial charge in [0.05, 0.1) is 26.4 Å². The van der Waals surface area contributed by atoms with E-state index in [9.17, 15) is 9.59 Å². The summed E-state index contributed by atoms with van der Waals surface area (Å²) in [4.78, 5) is 30.9. The van der Waals surface area contributed by atoms with E-state index < -0.39 is 0 Å². The van der Waals surface area contributed by atoms with E-state index in [2.05, 4.69) is 9.80 Å². The number of carbonyl (C=O) groups excluding carboxylic acids is 2. The van der Waals surface area contributed by atoms with Crippen molar-refractivity contribution in [2.45, 2.75) is 0 Å². The monoisotopic (exact) mass is 466 g/mol. The lowest BCUT2D eigenvalue weighted by Gasteiger charge is -2.26. The van der Waals surface area contributed by atoms with Gasteiger partial charge < -0.3 is 18.9 Å². The first-order chi connectivity index (χ1) is 16.7. The number of carbonyl (C=O) groups is 2. The Hall–Kier alpha value is -2.78. The topological polar surface area (TPSA) is 77.5 Å². The highest BCUT2D eigenvalue weighted by Crippen LogP contribution is 2.32. The van der Waals surface area contributed by atoms with Gasteiger partial charge in [0.2, 0.25) is 0 Å². The van der Waals surface area contributed by atoms with Crippen molar-refractivity contribution in [3.8, 4) is 11.5 Å². The largest absolute Gasteiger partial charge is 0.492 e. The number of ketones is 2. The van der Waals surface area contributed by atoms with Crippen molar-refractivity contribution in [3.63, 3.8) is 0 Å². The van der Waals surface area contributed by atoms with Gasteiger partial charge in [-0.1, -0.05) is 0 Å². The number of hydrogen-bond donors (Lipinski definition) is 0. The summed E-state index contributed by atoms with van der Waals surface area (Å²) >= 11 is 0. The maximum Gasteiger partial charge on any atom is 0.194 e. The van der Waals surface area contributed by atoms with E-state index in [4.69, 9.17) is 18.9 Å². The average Bonchev–Trinajstić information content (AvgIpc) is 2.88. The van der Waals surface area contributed by atoms with Gasteiger partial charge >= 0.3 is 0 Å². The predicted molar refractivity (Wildman–Crippen MR) is 125 cm³/mol. The van der Waals surface area contributed by atoms with Crippen LogP contribution in [0.5, 0.6) is 11.5 Å². The molecule has 3 aliphatic rings. The summed E-state index contributed by atoms with van der Waals surface area (Å²) in [7, 11) is 0. The fourth-order valence-corrected chi connectivity index (χ4v) is 4.52. The highest BCUT2D eigenvalue weighted by Gasteiger charge is 2.30. The molecule has 2 aliphatic heterocycles. The molecule has 5 rings (SSSR count). The van der Waals surface area contributed by atoms with Crippen LogP contribution in [0.25, 0.3) is 0 Å². The Morgan fingerprint density at radius 1 is 0.618 bits per heavy atom. The maximum absolute atomic E-state index is 13.2. The van der Waals surface area contributed by atoms with Crippen LogP contribution in [0.1, 0.15) is 31.8 Å². The number of hydrogen-bond acceptors (Lipinski definition) is 8. The van der Waals surface area contributed by atoms with E-state index in [1.54, 1.807) is 36.4 Å². The summed E-state index contributed by atoms with van der Waals surface area (Å²) in [6, 6.07) is 10.3. The first kappa shape index (κ1) is 23.0. The van der Waals surface area contributed by atoms with Crippen LogP contribution in [0.2, 0.25) is 0 Å². The van der Waals surface area contributed by atoms with Crippen molar-refractivity contribution < 1.29 is 28.5 Å². The fraction of sp³-hybridized carbons (Fsp3) is 0.462. The Kier molecular flexibility index (Phi) is 7.20. The molecule has 180 valence electrons. The molecule has 2 saturated heterocycles. The molecule has 2 fully saturated rings. The van der Waals surface area contributed by atoms with Crippen LogP contribution >= 0.6 is 0 Å². The van der Waals surface area contributed by atoms with Gasteiger partial charge in [0.25, 0.3) is 0 Å². The standard InChI is InChI=1S/C26H30N2O6/c29-25-21-3-1-19(33-15-9-27-5-11-31-12-6-27)17-23(21)26(30)22-4-2-20(18-24(22)25)34-16-10-28-7-13-32-14-8-28/h1-4,17-18H,5-16H2. The van der Waals surface area contributed by atoms with E-state index >= 15 is 0 Å². The fourth-order valence-electron chi connectivity index (χ4n) is 4.52. The second kappa shape index (κ2) is 10.7. The lowest BCUT2D eigenvalue weighted by atomic mass is 9.84. The molecule has 0 spiro atoms. The summed E-state index contributed by atoms with van der Waals surface area (Å²) < 4.78 is 22.5. The van der Waals surface area contributed by atoms with E-state index in [1.807, 2.05) is 0 Å². The van der Waals surface area contributed by atoms with Gasteiger partial charge in [0.1, 0.15) is 24.7 Å². The van der Waals surface area contributed by atoms with Gasteiger partial charge in [-0.15, -0.1) is 0 Å². The van der Waals surface area contributed by atoms with Crippen molar-refractivity contribution in [2.24, 2.45) is 0 Å². The lowest BCUT2D eigenvalue weighted by Crippen LogP contribution is -2.38. The van der Waals surface area contributed by atoms with Crippen LogP contribution in [-0.4, -0.2) is 100 Å². The zero-order chi connectivity index (χ0) is 23.3. The number of ether oxygens (including phenoxy) is 4. The van der Waals surface area contributed by atoms with Crippen LogP contribution < -0.4 is 9.47 Å². The van der Waals surface area contributed by atoms with Gasteiger partial charge in [-0.3, -0.25) is 19.4 Å². The predicted octanol–water partition coefficient (Wildman–Crippen LogP) is 1.88. The van der Waals surface area contributed by atoms with E-state index in [1.165, 1.54) is 0 Å². The minimum absolute atomic E-state index is 0.164. The summed E-state index contributed by atoms with van der Waals surface area (Å²) in [6.45, 7) is 9.20. The summed E-state index contributed by atoms with van der Waals surface area (Å²) in [5, 5.41) is 0. The van der Waals surface area contributed by atoms with Crippen molar-refractivity contribution in [1.82, 2.24) is 9.80 Å². The molecular formula is C26H30N2O6. The highest BCUT2D eigenvalue weighted by atomic mass is 16.5. The summed E-state index contributed by atoms with van der Waals surface area (Å²) in [6.07, 6.45) is 0. The van der Waals surface area contributed by atoms with E-state index in [0.29, 0.717) is 47.0 Å². The molecule has 0 saturated carbocycles. The van der Waals surface area contributed by atoms with Gasteiger partial charge in [0, 0.05) is 61.5 Å². The molecule has 0 bridgehead atoms. The van der Waals surface area contributed by atoms with Crippen molar-refractivity contribution in [2.75, 3.05) is 78.9 Å². The average molecular weight is 467 g/mol.